The molecule has 0 unspecified atom stereocenters. The van der Waals surface area contributed by atoms with Crippen LogP contribution in [0.4, 0.5) is 0 Å². The van der Waals surface area contributed by atoms with Gasteiger partial charge in [-0.1, -0.05) is 121 Å². The molecule has 0 spiro atoms. The van der Waals surface area contributed by atoms with E-state index < -0.39 is 5.60 Å². The molecule has 0 aliphatic carbocycles. The van der Waals surface area contributed by atoms with Crippen LogP contribution in [-0.4, -0.2) is 37.6 Å². The second-order valence-electron chi connectivity index (χ2n) is 11.9. The zero-order valence-corrected chi connectivity index (χ0v) is 25.6. The second-order valence-corrected chi connectivity index (χ2v) is 11.9. The van der Waals surface area contributed by atoms with E-state index in [1.165, 1.54) is 5.56 Å². The van der Waals surface area contributed by atoms with E-state index >= 15 is 0 Å². The molecule has 0 N–H and O–H groups in total. The summed E-state index contributed by atoms with van der Waals surface area (Å²) in [6, 6.07) is 41.6. The molecule has 4 nitrogen and oxygen atoms in total. The van der Waals surface area contributed by atoms with Gasteiger partial charge in [0.15, 0.2) is 0 Å². The number of hydrogen-bond donors (Lipinski definition) is 0. The molecule has 0 aromatic heterocycles. The highest BCUT2D eigenvalue weighted by Crippen LogP contribution is 2.40. The maximum absolute atomic E-state index is 6.86. The zero-order chi connectivity index (χ0) is 29.7. The summed E-state index contributed by atoms with van der Waals surface area (Å²) >= 11 is 0. The van der Waals surface area contributed by atoms with Crippen LogP contribution in [0.2, 0.25) is 0 Å². The smallest absolute Gasteiger partial charge is 0.143 e. The lowest BCUT2D eigenvalue weighted by Crippen LogP contribution is -2.36. The van der Waals surface area contributed by atoms with E-state index in [0.29, 0.717) is 33.0 Å². The van der Waals surface area contributed by atoms with Gasteiger partial charge in [-0.2, -0.15) is 0 Å². The van der Waals surface area contributed by atoms with Crippen LogP contribution in [-0.2, 0) is 31.2 Å². The van der Waals surface area contributed by atoms with Crippen LogP contribution in [0.3, 0.4) is 0 Å². The largest absolute Gasteiger partial charge is 0.377 e. The van der Waals surface area contributed by atoms with E-state index in [1.807, 2.05) is 36.4 Å². The summed E-state index contributed by atoms with van der Waals surface area (Å²) in [4.78, 5) is 0. The molecule has 0 aliphatic heterocycles. The molecule has 4 rings (SSSR count). The Bertz CT molecular complexity index is 1190. The molecule has 42 heavy (non-hydrogen) atoms. The Balaban J connectivity index is 1.30. The lowest BCUT2D eigenvalue weighted by molar-refractivity contribution is -0.0996. The van der Waals surface area contributed by atoms with Crippen LogP contribution >= 0.6 is 0 Å². The summed E-state index contributed by atoms with van der Waals surface area (Å²) < 4.78 is 25.4. The third kappa shape index (κ3) is 9.11. The van der Waals surface area contributed by atoms with Gasteiger partial charge in [-0.15, -0.1) is 0 Å². The molecular formula is C38H46O4. The summed E-state index contributed by atoms with van der Waals surface area (Å²) in [5.74, 6) is 0. The van der Waals surface area contributed by atoms with Crippen LogP contribution in [0, 0.1) is 0 Å². The van der Waals surface area contributed by atoms with Crippen LogP contribution in [0.15, 0.2) is 121 Å². The first kappa shape index (κ1) is 31.7. The molecule has 0 atom stereocenters. The number of hydrogen-bond acceptors (Lipinski definition) is 4. The van der Waals surface area contributed by atoms with Gasteiger partial charge in [0.25, 0.3) is 0 Å². The van der Waals surface area contributed by atoms with E-state index in [4.69, 9.17) is 18.9 Å². The number of benzene rings is 4. The predicted molar refractivity (Wildman–Crippen MR) is 171 cm³/mol. The second kappa shape index (κ2) is 15.3. The fourth-order valence-corrected chi connectivity index (χ4v) is 5.08. The van der Waals surface area contributed by atoms with Gasteiger partial charge in [-0.25, -0.2) is 0 Å². The average Bonchev–Trinajstić information content (AvgIpc) is 3.01. The molecule has 4 aromatic rings. The van der Waals surface area contributed by atoms with Crippen molar-refractivity contribution < 1.29 is 18.9 Å². The summed E-state index contributed by atoms with van der Waals surface area (Å²) in [5.41, 5.74) is 3.09. The van der Waals surface area contributed by atoms with Crippen molar-refractivity contribution in [2.24, 2.45) is 0 Å². The van der Waals surface area contributed by atoms with Gasteiger partial charge in [-0.3, -0.25) is 0 Å². The van der Waals surface area contributed by atoms with Crippen LogP contribution in [0.5, 0.6) is 0 Å². The fraction of sp³-hybridized carbons (Fsp3) is 0.368. The normalized spacial score (nSPS) is 12.4. The maximum Gasteiger partial charge on any atom is 0.143 e. The molecule has 222 valence electrons. The molecule has 0 bridgehead atoms. The Morgan fingerprint density at radius 1 is 0.429 bits per heavy atom. The molecular weight excluding hydrogens is 520 g/mol. The Hall–Kier alpha value is -3.28. The highest BCUT2D eigenvalue weighted by molar-refractivity contribution is 5.47. The Morgan fingerprint density at radius 3 is 1.29 bits per heavy atom. The van der Waals surface area contributed by atoms with Crippen molar-refractivity contribution in [1.29, 1.82) is 0 Å². The zero-order valence-electron chi connectivity index (χ0n) is 25.6. The summed E-state index contributed by atoms with van der Waals surface area (Å²) in [5, 5.41) is 0. The predicted octanol–water partition coefficient (Wildman–Crippen LogP) is 8.58. The number of rotatable bonds is 17. The van der Waals surface area contributed by atoms with Gasteiger partial charge in [0, 0.05) is 6.61 Å². The Kier molecular flexibility index (Phi) is 11.5. The topological polar surface area (TPSA) is 36.9 Å². The van der Waals surface area contributed by atoms with Crippen LogP contribution in [0.1, 0.15) is 62.8 Å². The molecule has 4 aromatic carbocycles. The molecule has 0 heterocycles. The molecule has 4 heteroatoms. The maximum atomic E-state index is 6.86. The average molecular weight is 567 g/mol. The van der Waals surface area contributed by atoms with E-state index in [2.05, 4.69) is 113 Å². The Morgan fingerprint density at radius 2 is 0.810 bits per heavy atom. The monoisotopic (exact) mass is 566 g/mol. The van der Waals surface area contributed by atoms with Gasteiger partial charge in [0.1, 0.15) is 5.60 Å². The van der Waals surface area contributed by atoms with Crippen molar-refractivity contribution in [3.63, 3.8) is 0 Å². The molecule has 0 radical (unpaired) electrons. The van der Waals surface area contributed by atoms with Gasteiger partial charge in [0.05, 0.1) is 37.6 Å². The van der Waals surface area contributed by atoms with E-state index in [-0.39, 0.29) is 11.2 Å². The van der Waals surface area contributed by atoms with Crippen molar-refractivity contribution in [3.05, 3.63) is 144 Å². The SMILES string of the molecule is CC(C)(CCOCc1ccccc1)OCCC(C)(C)OCCOC(c1ccccc1)(c1ccccc1)c1ccccc1. The van der Waals surface area contributed by atoms with Crippen molar-refractivity contribution in [3.8, 4) is 0 Å². The summed E-state index contributed by atoms with van der Waals surface area (Å²) in [6.45, 7) is 11.3. The van der Waals surface area contributed by atoms with E-state index in [0.717, 1.165) is 29.5 Å². The minimum Gasteiger partial charge on any atom is -0.377 e. The van der Waals surface area contributed by atoms with Crippen molar-refractivity contribution in [1.82, 2.24) is 0 Å². The van der Waals surface area contributed by atoms with Crippen LogP contribution < -0.4 is 0 Å². The Labute approximate surface area is 252 Å². The first-order chi connectivity index (χ1) is 20.3. The van der Waals surface area contributed by atoms with Crippen molar-refractivity contribution >= 4 is 0 Å². The minimum atomic E-state index is -0.743. The molecule has 0 aliphatic rings. The molecule has 0 amide bonds. The molecule has 0 saturated heterocycles. The van der Waals surface area contributed by atoms with Gasteiger partial charge in [0.2, 0.25) is 0 Å². The highest BCUT2D eigenvalue weighted by atomic mass is 16.5. The molecule has 0 fully saturated rings. The third-order valence-electron chi connectivity index (χ3n) is 7.59. The number of ether oxygens (including phenoxy) is 4. The van der Waals surface area contributed by atoms with Crippen molar-refractivity contribution in [2.45, 2.75) is 63.9 Å². The third-order valence-corrected chi connectivity index (χ3v) is 7.59. The lowest BCUT2D eigenvalue weighted by atomic mass is 9.80. The van der Waals surface area contributed by atoms with Gasteiger partial charge in [-0.05, 0) is 62.8 Å². The van der Waals surface area contributed by atoms with E-state index in [9.17, 15) is 0 Å². The highest BCUT2D eigenvalue weighted by Gasteiger charge is 2.37. The van der Waals surface area contributed by atoms with Crippen LogP contribution in [0.25, 0.3) is 0 Å². The van der Waals surface area contributed by atoms with Gasteiger partial charge < -0.3 is 18.9 Å². The van der Waals surface area contributed by atoms with E-state index in [1.54, 1.807) is 0 Å². The van der Waals surface area contributed by atoms with Gasteiger partial charge >= 0.3 is 0 Å². The summed E-state index contributed by atoms with van der Waals surface area (Å²) in [7, 11) is 0. The first-order valence-electron chi connectivity index (χ1n) is 15.0. The fourth-order valence-electron chi connectivity index (χ4n) is 5.08. The first-order valence-corrected chi connectivity index (χ1v) is 15.0. The lowest BCUT2D eigenvalue weighted by Gasteiger charge is -2.36. The summed E-state index contributed by atoms with van der Waals surface area (Å²) in [6.07, 6.45) is 1.61. The quantitative estimate of drug-likeness (QED) is 0.0947. The standard InChI is InChI=1S/C38H46O4/c1-36(2,25-27-39-31-32-17-9-5-10-18-32)40-28-26-37(3,4)41-29-30-42-38(33-19-11-6-12-20-33,34-21-13-7-14-22-34)35-23-15-8-16-24-35/h5-24H,25-31H2,1-4H3. The minimum absolute atomic E-state index is 0.267. The molecule has 0 saturated carbocycles. The van der Waals surface area contributed by atoms with Crippen molar-refractivity contribution in [2.75, 3.05) is 26.4 Å².